The molecule has 25 heavy (non-hydrogen) atoms. The average molecular weight is 361 g/mol. The molecule has 0 radical (unpaired) electrons. The van der Waals surface area contributed by atoms with Crippen LogP contribution in [0.5, 0.6) is 0 Å². The van der Waals surface area contributed by atoms with Crippen molar-refractivity contribution in [3.63, 3.8) is 0 Å². The smallest absolute Gasteiger partial charge is 0.166 e. The molecule has 0 aromatic carbocycles. The Labute approximate surface area is 154 Å². The summed E-state index contributed by atoms with van der Waals surface area (Å²) in [6.45, 7) is 11.2. The Morgan fingerprint density at radius 1 is 1.32 bits per heavy atom. The fourth-order valence-electron chi connectivity index (χ4n) is 4.06. The van der Waals surface area contributed by atoms with Gasteiger partial charge in [0, 0.05) is 50.4 Å². The molecule has 1 aromatic heterocycles. The molecular formula is C19H25ClN4O. The number of fused-ring (bicyclic) bond motifs is 4. The summed E-state index contributed by atoms with van der Waals surface area (Å²) >= 11 is 6.63. The lowest BCUT2D eigenvalue weighted by molar-refractivity contribution is 0.0864. The van der Waals surface area contributed by atoms with Crippen molar-refractivity contribution in [1.82, 2.24) is 14.8 Å². The molecule has 4 heterocycles. The molecule has 2 atom stereocenters. The van der Waals surface area contributed by atoms with E-state index in [-0.39, 0.29) is 0 Å². The van der Waals surface area contributed by atoms with Crippen molar-refractivity contribution in [2.75, 3.05) is 38.7 Å². The lowest BCUT2D eigenvalue weighted by atomic mass is 9.98. The van der Waals surface area contributed by atoms with Crippen LogP contribution in [0.3, 0.4) is 0 Å². The van der Waals surface area contributed by atoms with Gasteiger partial charge in [0.2, 0.25) is 0 Å². The molecule has 4 rings (SSSR count). The van der Waals surface area contributed by atoms with Crippen LogP contribution in [0.2, 0.25) is 5.02 Å². The number of aromatic nitrogens is 1. The third-order valence-corrected chi connectivity index (χ3v) is 6.23. The number of pyridine rings is 1. The summed E-state index contributed by atoms with van der Waals surface area (Å²) in [5.74, 6) is 0.871. The maximum atomic E-state index is 6.63. The fourth-order valence-corrected chi connectivity index (χ4v) is 4.33. The van der Waals surface area contributed by atoms with E-state index in [1.165, 1.54) is 0 Å². The number of hydrogen-bond donors (Lipinski definition) is 0. The molecule has 1 aromatic rings. The number of anilines is 1. The highest BCUT2D eigenvalue weighted by molar-refractivity contribution is 6.34. The first-order valence-electron chi connectivity index (χ1n) is 8.82. The van der Waals surface area contributed by atoms with Gasteiger partial charge in [-0.05, 0) is 20.9 Å². The van der Waals surface area contributed by atoms with Crippen LogP contribution in [0, 0.1) is 6.92 Å². The number of aryl methyl sites for hydroxylation is 1. The molecule has 5 nitrogen and oxygen atoms in total. The summed E-state index contributed by atoms with van der Waals surface area (Å²) in [5, 5.41) is 0.690. The Hall–Kier alpha value is -1.72. The van der Waals surface area contributed by atoms with Crippen LogP contribution in [0.4, 0.5) is 5.69 Å². The molecule has 0 N–H and O–H groups in total. The predicted molar refractivity (Wildman–Crippen MR) is 102 cm³/mol. The van der Waals surface area contributed by atoms with Gasteiger partial charge in [-0.2, -0.15) is 0 Å². The minimum atomic E-state index is 0.429. The lowest BCUT2D eigenvalue weighted by Crippen LogP contribution is -2.55. The van der Waals surface area contributed by atoms with Crippen molar-refractivity contribution >= 4 is 23.0 Å². The summed E-state index contributed by atoms with van der Waals surface area (Å²) in [5.41, 5.74) is 4.83. The minimum Gasteiger partial charge on any atom is -0.489 e. The molecule has 0 aliphatic carbocycles. The van der Waals surface area contributed by atoms with E-state index in [4.69, 9.17) is 16.3 Å². The number of hydrogen-bond acceptors (Lipinski definition) is 5. The van der Waals surface area contributed by atoms with Crippen molar-refractivity contribution < 1.29 is 4.74 Å². The van der Waals surface area contributed by atoms with E-state index in [2.05, 4.69) is 35.3 Å². The van der Waals surface area contributed by atoms with Crippen LogP contribution in [0.25, 0.3) is 5.70 Å². The van der Waals surface area contributed by atoms with Gasteiger partial charge in [0.25, 0.3) is 0 Å². The first kappa shape index (κ1) is 16.7. The van der Waals surface area contributed by atoms with Crippen molar-refractivity contribution in [3.8, 4) is 0 Å². The second-order valence-corrected chi connectivity index (χ2v) is 7.71. The van der Waals surface area contributed by atoms with E-state index in [0.29, 0.717) is 23.7 Å². The second-order valence-electron chi connectivity index (χ2n) is 7.34. The molecule has 3 aliphatic heterocycles. The Bertz CT molecular complexity index is 775. The third-order valence-electron chi connectivity index (χ3n) is 5.78. The third kappa shape index (κ3) is 2.44. The van der Waals surface area contributed by atoms with Gasteiger partial charge in [0.05, 0.1) is 34.4 Å². The topological polar surface area (TPSA) is 31.8 Å². The quantitative estimate of drug-likeness (QED) is 0.709. The van der Waals surface area contributed by atoms with Crippen LogP contribution in [0.15, 0.2) is 24.2 Å². The van der Waals surface area contributed by atoms with E-state index in [9.17, 15) is 0 Å². The maximum Gasteiger partial charge on any atom is 0.166 e. The molecule has 2 unspecified atom stereocenters. The van der Waals surface area contributed by atoms with Gasteiger partial charge in [0.1, 0.15) is 0 Å². The highest BCUT2D eigenvalue weighted by Gasteiger charge is 2.40. The normalized spacial score (nSPS) is 26.7. The van der Waals surface area contributed by atoms with Crippen LogP contribution < -0.4 is 4.90 Å². The minimum absolute atomic E-state index is 0.429. The van der Waals surface area contributed by atoms with Crippen molar-refractivity contribution in [3.05, 3.63) is 40.5 Å². The molecule has 0 bridgehead atoms. The average Bonchev–Trinajstić information content (AvgIpc) is 2.75. The predicted octanol–water partition coefficient (Wildman–Crippen LogP) is 3.10. The number of piperazine rings is 1. The van der Waals surface area contributed by atoms with E-state index in [0.717, 1.165) is 53.6 Å². The SMILES string of the molecule is C=C1C2=C(c3cnc(C)c(Cl)c3N1C)N1CC(C)N(C)CC1CCO2. The molecule has 3 aliphatic rings. The highest BCUT2D eigenvalue weighted by atomic mass is 35.5. The lowest BCUT2D eigenvalue weighted by Gasteiger charge is -2.46. The Morgan fingerprint density at radius 2 is 2.08 bits per heavy atom. The summed E-state index contributed by atoms with van der Waals surface area (Å²) in [6.07, 6.45) is 2.94. The number of rotatable bonds is 0. The molecule has 1 saturated heterocycles. The summed E-state index contributed by atoms with van der Waals surface area (Å²) in [4.78, 5) is 11.5. The number of ether oxygens (including phenoxy) is 1. The van der Waals surface area contributed by atoms with Crippen molar-refractivity contribution in [1.29, 1.82) is 0 Å². The monoisotopic (exact) mass is 360 g/mol. The van der Waals surface area contributed by atoms with Gasteiger partial charge in [-0.25, -0.2) is 0 Å². The number of halogens is 1. The summed E-state index contributed by atoms with van der Waals surface area (Å²) < 4.78 is 6.19. The number of likely N-dealkylation sites (N-methyl/N-ethyl adjacent to an activating group) is 2. The van der Waals surface area contributed by atoms with Crippen LogP contribution in [-0.2, 0) is 4.74 Å². The van der Waals surface area contributed by atoms with Gasteiger partial charge >= 0.3 is 0 Å². The van der Waals surface area contributed by atoms with Crippen LogP contribution in [0.1, 0.15) is 24.6 Å². The Morgan fingerprint density at radius 3 is 2.84 bits per heavy atom. The molecule has 134 valence electrons. The standard InChI is InChI=1S/C19H25ClN4O/c1-11-9-24-14(10-22(11)4)6-7-25-19-13(3)23(5)17-15(18(19)24)8-21-12(2)16(17)20/h8,11,14H,3,6-7,9-10H2,1-2,4-5H3. The van der Waals surface area contributed by atoms with Gasteiger partial charge < -0.3 is 14.5 Å². The zero-order valence-electron chi connectivity index (χ0n) is 15.3. The summed E-state index contributed by atoms with van der Waals surface area (Å²) in [6, 6.07) is 0.909. The van der Waals surface area contributed by atoms with Gasteiger partial charge in [-0.15, -0.1) is 0 Å². The van der Waals surface area contributed by atoms with Gasteiger partial charge in [-0.3, -0.25) is 9.88 Å². The maximum absolute atomic E-state index is 6.63. The van der Waals surface area contributed by atoms with Crippen LogP contribution >= 0.6 is 11.6 Å². The van der Waals surface area contributed by atoms with E-state index in [1.54, 1.807) is 0 Å². The zero-order chi connectivity index (χ0) is 17.9. The van der Waals surface area contributed by atoms with Crippen molar-refractivity contribution in [2.24, 2.45) is 0 Å². The molecule has 0 spiro atoms. The molecule has 6 heteroatoms. The van der Waals surface area contributed by atoms with Gasteiger partial charge in [-0.1, -0.05) is 18.2 Å². The van der Waals surface area contributed by atoms with E-state index in [1.807, 2.05) is 25.1 Å². The second kappa shape index (κ2) is 5.92. The Balaban J connectivity index is 1.92. The summed E-state index contributed by atoms with van der Waals surface area (Å²) in [7, 11) is 4.20. The fraction of sp³-hybridized carbons (Fsp3) is 0.526. The first-order chi connectivity index (χ1) is 11.9. The van der Waals surface area contributed by atoms with Gasteiger partial charge in [0.15, 0.2) is 5.76 Å². The molecule has 0 saturated carbocycles. The number of nitrogens with zero attached hydrogens (tertiary/aromatic N) is 4. The van der Waals surface area contributed by atoms with E-state index < -0.39 is 0 Å². The first-order valence-corrected chi connectivity index (χ1v) is 9.20. The highest BCUT2D eigenvalue weighted by Crippen LogP contribution is 2.47. The van der Waals surface area contributed by atoms with E-state index >= 15 is 0 Å². The Kier molecular flexibility index (Phi) is 3.96. The molecule has 0 amide bonds. The molecular weight excluding hydrogens is 336 g/mol. The van der Waals surface area contributed by atoms with Crippen LogP contribution in [-0.4, -0.2) is 60.7 Å². The largest absolute Gasteiger partial charge is 0.489 e. The molecule has 1 fully saturated rings. The van der Waals surface area contributed by atoms with Crippen molar-refractivity contribution in [2.45, 2.75) is 32.4 Å². The zero-order valence-corrected chi connectivity index (χ0v) is 16.1.